The van der Waals surface area contributed by atoms with Gasteiger partial charge in [0.05, 0.1) is 48.1 Å². The largest absolute Gasteiger partial charge is 0.453 e. The molecular formula is C42H49ClF3NO7. The molecule has 1 aromatic heterocycles. The summed E-state index contributed by atoms with van der Waals surface area (Å²) in [5.41, 5.74) is -3.99. The number of allylic oxidation sites excluding steroid dienone is 4. The van der Waals surface area contributed by atoms with Gasteiger partial charge in [-0.05, 0) is 112 Å². The summed E-state index contributed by atoms with van der Waals surface area (Å²) in [7, 11) is 0. The van der Waals surface area contributed by atoms with Gasteiger partial charge in [0.15, 0.2) is 5.76 Å². The van der Waals surface area contributed by atoms with Gasteiger partial charge in [-0.2, -0.15) is 13.2 Å². The lowest BCUT2D eigenvalue weighted by molar-refractivity contribution is -0.175. The molecule has 9 atom stereocenters. The highest BCUT2D eigenvalue weighted by Crippen LogP contribution is 2.78. The number of aliphatic hydroxyl groups excluding tert-OH is 1. The van der Waals surface area contributed by atoms with Crippen LogP contribution in [0.25, 0.3) is 11.3 Å². The fourth-order valence-electron chi connectivity index (χ4n) is 12.0. The lowest BCUT2D eigenvalue weighted by Gasteiger charge is -2.71. The minimum atomic E-state index is -4.60. The number of nitrogens with zero attached hydrogens (tertiary/aromatic N) is 1. The molecule has 2 aromatic rings. The molecule has 9 unspecified atom stereocenters. The molecular weight excluding hydrogens is 723 g/mol. The van der Waals surface area contributed by atoms with E-state index < -0.39 is 45.8 Å². The Hall–Kier alpha value is -3.12. The van der Waals surface area contributed by atoms with E-state index >= 15 is 4.79 Å². The number of benzene rings is 1. The molecule has 7 aliphatic rings. The summed E-state index contributed by atoms with van der Waals surface area (Å²) in [5.74, 6) is -0.524. The summed E-state index contributed by atoms with van der Waals surface area (Å²) in [6.07, 6.45) is 6.71. The molecule has 2 spiro atoms. The molecule has 2 N–H and O–H groups in total. The van der Waals surface area contributed by atoms with Crippen LogP contribution >= 0.6 is 11.6 Å². The van der Waals surface area contributed by atoms with Crippen molar-refractivity contribution in [2.45, 2.75) is 103 Å². The van der Waals surface area contributed by atoms with Gasteiger partial charge in [-0.1, -0.05) is 43.7 Å². The second kappa shape index (κ2) is 13.0. The summed E-state index contributed by atoms with van der Waals surface area (Å²) in [6.45, 7) is 7.37. The number of Topliss-reactive ketones (excluding diaryl/α,β-unsaturated/α-hetero) is 1. The number of aliphatic hydroxyl groups is 2. The van der Waals surface area contributed by atoms with E-state index in [0.717, 1.165) is 31.4 Å². The monoisotopic (exact) mass is 771 g/mol. The van der Waals surface area contributed by atoms with Crippen LogP contribution < -0.4 is 0 Å². The van der Waals surface area contributed by atoms with Crippen molar-refractivity contribution in [1.29, 1.82) is 0 Å². The Morgan fingerprint density at radius 1 is 1.02 bits per heavy atom. The summed E-state index contributed by atoms with van der Waals surface area (Å²) in [5, 5.41) is 24.0. The first-order chi connectivity index (χ1) is 25.5. The fraction of sp³-hybridized carbons (Fsp3) is 0.619. The van der Waals surface area contributed by atoms with Crippen LogP contribution in [0.5, 0.6) is 0 Å². The highest BCUT2D eigenvalue weighted by Gasteiger charge is 2.74. The topological polar surface area (TPSA) is 109 Å². The molecule has 2 heterocycles. The fourth-order valence-corrected chi connectivity index (χ4v) is 12.2. The summed E-state index contributed by atoms with van der Waals surface area (Å²) in [6, 6.07) is 5.97. The van der Waals surface area contributed by atoms with Gasteiger partial charge in [0.25, 0.3) is 0 Å². The Kier molecular flexibility index (Phi) is 9.07. The lowest BCUT2D eigenvalue weighted by atomic mass is 9.32. The van der Waals surface area contributed by atoms with Crippen molar-refractivity contribution < 1.29 is 46.9 Å². The van der Waals surface area contributed by atoms with Gasteiger partial charge in [-0.3, -0.25) is 4.79 Å². The molecule has 8 nitrogen and oxygen atoms in total. The predicted octanol–water partition coefficient (Wildman–Crippen LogP) is 9.03. The number of ether oxygens (including phenoxy) is 2. The van der Waals surface area contributed by atoms with Crippen LogP contribution in [0.2, 0.25) is 5.02 Å². The van der Waals surface area contributed by atoms with Gasteiger partial charge >= 0.3 is 12.3 Å². The Morgan fingerprint density at radius 3 is 2.48 bits per heavy atom. The van der Waals surface area contributed by atoms with Crippen LogP contribution in [0.4, 0.5) is 18.0 Å². The molecule has 1 aromatic carbocycles. The summed E-state index contributed by atoms with van der Waals surface area (Å²) in [4.78, 5) is 30.0. The first kappa shape index (κ1) is 37.8. The van der Waals surface area contributed by atoms with E-state index in [4.69, 9.17) is 25.5 Å². The van der Waals surface area contributed by atoms with Crippen LogP contribution in [0.1, 0.15) is 94.7 Å². The second-order valence-corrected chi connectivity index (χ2v) is 17.6. The van der Waals surface area contributed by atoms with Crippen LogP contribution in [0.15, 0.2) is 58.6 Å². The number of alkyl halides is 3. The number of amides is 1. The van der Waals surface area contributed by atoms with Crippen molar-refractivity contribution in [3.05, 3.63) is 70.5 Å². The van der Waals surface area contributed by atoms with E-state index in [1.165, 1.54) is 18.2 Å². The van der Waals surface area contributed by atoms with Crippen LogP contribution in [-0.2, 0) is 15.7 Å². The zero-order valence-corrected chi connectivity index (χ0v) is 31.8. The Morgan fingerprint density at radius 2 is 1.76 bits per heavy atom. The molecule has 1 amide bonds. The van der Waals surface area contributed by atoms with E-state index in [-0.39, 0.29) is 64.4 Å². The van der Waals surface area contributed by atoms with E-state index in [0.29, 0.717) is 57.2 Å². The van der Waals surface area contributed by atoms with Crippen molar-refractivity contribution in [1.82, 2.24) is 4.90 Å². The normalized spacial score (nSPS) is 38.1. The third kappa shape index (κ3) is 5.49. The number of ketones is 1. The van der Waals surface area contributed by atoms with Crippen LogP contribution in [0.3, 0.4) is 0 Å². The number of fused-ring (bicyclic) bond motifs is 1. The van der Waals surface area contributed by atoms with Gasteiger partial charge in [-0.15, -0.1) is 0 Å². The zero-order valence-electron chi connectivity index (χ0n) is 31.0. The van der Waals surface area contributed by atoms with E-state index in [1.807, 2.05) is 0 Å². The molecule has 1 aliphatic heterocycles. The maximum absolute atomic E-state index is 15.0. The smallest absolute Gasteiger partial charge is 0.416 e. The van der Waals surface area contributed by atoms with Crippen molar-refractivity contribution in [2.75, 3.05) is 26.3 Å². The Labute approximate surface area is 318 Å². The zero-order chi connectivity index (χ0) is 38.5. The minimum absolute atomic E-state index is 0.00673. The first-order valence-electron chi connectivity index (χ1n) is 19.4. The molecule has 0 radical (unpaired) electrons. The van der Waals surface area contributed by atoms with Crippen LogP contribution in [-0.4, -0.2) is 71.1 Å². The molecule has 2 bridgehead atoms. The average Bonchev–Trinajstić information content (AvgIpc) is 3.88. The molecule has 6 aliphatic carbocycles. The number of furan rings is 1. The standard InChI is InChI=1S/C42H49ClF3NO7/c1-4-52-36(50)47(23-27-6-5-19-53-27)24-40(51)16-13-34-38(40,3)15-12-33-37(2)14-11-26(48)21-39(37)17-18-41(33,34)29(22-39)35(49)32-10-9-31(54-32)28-20-25(42(44,45)46)7-8-30(28)43/h7-10,17-18,20,22,26-27,33-34,48,51H,4-6,11-16,19,21,23-24H2,1-3H3. The van der Waals surface area contributed by atoms with Gasteiger partial charge < -0.3 is 29.0 Å². The second-order valence-electron chi connectivity index (χ2n) is 17.2. The molecule has 4 fully saturated rings. The maximum Gasteiger partial charge on any atom is 0.416 e. The number of halogens is 4. The van der Waals surface area contributed by atoms with Gasteiger partial charge in [0.2, 0.25) is 5.78 Å². The lowest BCUT2D eigenvalue weighted by Crippen LogP contribution is -2.67. The van der Waals surface area contributed by atoms with Crippen molar-refractivity contribution in [2.24, 2.45) is 33.5 Å². The first-order valence-corrected chi connectivity index (χ1v) is 19.8. The van der Waals surface area contributed by atoms with Crippen molar-refractivity contribution in [3.8, 4) is 11.3 Å². The molecule has 12 heteroatoms. The number of hydrogen-bond donors (Lipinski definition) is 2. The summed E-state index contributed by atoms with van der Waals surface area (Å²) < 4.78 is 58.4. The molecule has 292 valence electrons. The third-order valence-corrected chi connectivity index (χ3v) is 15.1. The maximum atomic E-state index is 15.0. The highest BCUT2D eigenvalue weighted by molar-refractivity contribution is 6.33. The molecule has 3 saturated carbocycles. The van der Waals surface area contributed by atoms with Gasteiger partial charge in [-0.25, -0.2) is 4.79 Å². The van der Waals surface area contributed by atoms with Crippen molar-refractivity contribution in [3.63, 3.8) is 0 Å². The number of carbonyl (C=O) groups excluding carboxylic acids is 2. The quantitative estimate of drug-likeness (QED) is 0.204. The Balaban J connectivity index is 1.19. The van der Waals surface area contributed by atoms with Crippen molar-refractivity contribution >= 4 is 23.5 Å². The molecule has 54 heavy (non-hydrogen) atoms. The van der Waals surface area contributed by atoms with Crippen LogP contribution in [0, 0.1) is 33.5 Å². The minimum Gasteiger partial charge on any atom is -0.453 e. The highest BCUT2D eigenvalue weighted by atomic mass is 35.5. The van der Waals surface area contributed by atoms with Gasteiger partial charge in [0, 0.05) is 34.0 Å². The predicted molar refractivity (Wildman–Crippen MR) is 195 cm³/mol. The third-order valence-electron chi connectivity index (χ3n) is 14.8. The van der Waals surface area contributed by atoms with Gasteiger partial charge in [0.1, 0.15) is 5.76 Å². The Bertz CT molecular complexity index is 1900. The van der Waals surface area contributed by atoms with E-state index in [1.54, 1.807) is 11.8 Å². The molecule has 9 rings (SSSR count). The number of hydrogen-bond acceptors (Lipinski definition) is 7. The number of rotatable bonds is 8. The van der Waals surface area contributed by atoms with E-state index in [2.05, 4.69) is 32.1 Å². The number of carbonyl (C=O) groups is 2. The summed E-state index contributed by atoms with van der Waals surface area (Å²) >= 11 is 6.37. The average molecular weight is 772 g/mol. The molecule has 1 saturated heterocycles. The van der Waals surface area contributed by atoms with E-state index in [9.17, 15) is 28.2 Å². The SMILES string of the molecule is CCOC(=O)N(CC1CCCO1)CC1(O)CCC2C34C=CC5(C=C3C(=O)c3ccc(-c6cc(C(F)(F)F)ccc6Cl)o3)CC(O)CCC5(C)C4CCC21C.